The molecule has 7 nitrogen and oxygen atoms in total. The third-order valence-corrected chi connectivity index (χ3v) is 5.59. The van der Waals surface area contributed by atoms with Gasteiger partial charge in [0.25, 0.3) is 11.8 Å². The van der Waals surface area contributed by atoms with Crippen LogP contribution in [-0.4, -0.2) is 56.1 Å². The van der Waals surface area contributed by atoms with E-state index in [0.29, 0.717) is 18.7 Å². The van der Waals surface area contributed by atoms with Gasteiger partial charge < -0.3 is 25.4 Å². The number of amides is 2. The molecule has 0 aliphatic heterocycles. The number of methoxy groups -OCH3 is 1. The molecule has 0 radical (unpaired) electrons. The van der Waals surface area contributed by atoms with Crippen LogP contribution in [0.3, 0.4) is 0 Å². The van der Waals surface area contributed by atoms with Crippen molar-refractivity contribution in [2.75, 3.05) is 39.6 Å². The summed E-state index contributed by atoms with van der Waals surface area (Å²) in [6.07, 6.45) is 0. The minimum Gasteiger partial charge on any atom is -0.506 e. The van der Waals surface area contributed by atoms with Crippen LogP contribution in [0.15, 0.2) is 65.1 Å². The van der Waals surface area contributed by atoms with Gasteiger partial charge in [0.2, 0.25) is 0 Å². The monoisotopic (exact) mass is 511 g/mol. The second-order valence-corrected chi connectivity index (χ2v) is 8.47. The van der Waals surface area contributed by atoms with Crippen LogP contribution in [-0.2, 0) is 0 Å². The Hall–Kier alpha value is -3.36. The maximum absolute atomic E-state index is 12.9. The van der Waals surface area contributed by atoms with Gasteiger partial charge in [-0.15, -0.1) is 0 Å². The van der Waals surface area contributed by atoms with E-state index in [9.17, 15) is 14.7 Å². The standard InChI is InChI=1S/C25H26BrN3O4/c1-29(2)14-13-27-25(32)21-22(30)19(26)15-20(23(21)33-3)28-24(31)18-11-9-17(10-12-18)16-7-5-4-6-8-16/h4-12,15,30H,13-14H2,1-3H3,(H,27,32)(H,28,31). The molecule has 0 fully saturated rings. The van der Waals surface area contributed by atoms with E-state index in [0.717, 1.165) is 11.1 Å². The molecule has 0 aromatic heterocycles. The number of likely N-dealkylation sites (N-methyl/N-ethyl adjacent to an activating group) is 1. The highest BCUT2D eigenvalue weighted by atomic mass is 79.9. The van der Waals surface area contributed by atoms with Crippen molar-refractivity contribution in [2.24, 2.45) is 0 Å². The third-order valence-electron chi connectivity index (χ3n) is 4.98. The number of nitrogens with one attached hydrogen (secondary N) is 2. The fraction of sp³-hybridized carbons (Fsp3) is 0.200. The first kappa shape index (κ1) is 24.3. The van der Waals surface area contributed by atoms with Crippen molar-refractivity contribution in [3.63, 3.8) is 0 Å². The minimum atomic E-state index is -0.504. The van der Waals surface area contributed by atoms with E-state index in [1.165, 1.54) is 13.2 Å². The lowest BCUT2D eigenvalue weighted by Gasteiger charge is -2.17. The van der Waals surface area contributed by atoms with Gasteiger partial charge in [-0.1, -0.05) is 42.5 Å². The summed E-state index contributed by atoms with van der Waals surface area (Å²) in [6.45, 7) is 1.02. The summed E-state index contributed by atoms with van der Waals surface area (Å²) in [4.78, 5) is 27.6. The highest BCUT2D eigenvalue weighted by Gasteiger charge is 2.24. The molecule has 0 saturated carbocycles. The smallest absolute Gasteiger partial charge is 0.259 e. The number of carbonyl (C=O) groups excluding carboxylic acids is 2. The summed E-state index contributed by atoms with van der Waals surface area (Å²) in [7, 11) is 5.16. The van der Waals surface area contributed by atoms with Crippen LogP contribution in [0.5, 0.6) is 11.5 Å². The summed E-state index contributed by atoms with van der Waals surface area (Å²) in [6, 6.07) is 18.6. The average Bonchev–Trinajstić information content (AvgIpc) is 2.81. The highest BCUT2D eigenvalue weighted by molar-refractivity contribution is 9.10. The minimum absolute atomic E-state index is 0.0552. The molecule has 3 aromatic rings. The number of carbonyl (C=O) groups is 2. The van der Waals surface area contributed by atoms with E-state index in [1.54, 1.807) is 12.1 Å². The summed E-state index contributed by atoms with van der Waals surface area (Å²) in [5.41, 5.74) is 2.70. The second-order valence-electron chi connectivity index (χ2n) is 7.62. The van der Waals surface area contributed by atoms with Gasteiger partial charge in [-0.05, 0) is 59.4 Å². The number of benzene rings is 3. The largest absolute Gasteiger partial charge is 0.506 e. The number of phenolic OH excluding ortho intramolecular Hbond substituents is 1. The average molecular weight is 512 g/mol. The van der Waals surface area contributed by atoms with Crippen LogP contribution in [0.2, 0.25) is 0 Å². The first-order valence-electron chi connectivity index (χ1n) is 10.3. The Kier molecular flexibility index (Phi) is 8.08. The maximum atomic E-state index is 12.9. The fourth-order valence-electron chi connectivity index (χ4n) is 3.26. The lowest BCUT2D eigenvalue weighted by molar-refractivity contribution is 0.0943. The van der Waals surface area contributed by atoms with Crippen molar-refractivity contribution in [2.45, 2.75) is 0 Å². The number of aromatic hydroxyl groups is 1. The van der Waals surface area contributed by atoms with E-state index < -0.39 is 5.91 Å². The number of rotatable bonds is 8. The summed E-state index contributed by atoms with van der Waals surface area (Å²) in [5, 5.41) is 16.0. The zero-order chi connectivity index (χ0) is 24.0. The van der Waals surface area contributed by atoms with Crippen molar-refractivity contribution in [3.8, 4) is 22.6 Å². The third kappa shape index (κ3) is 5.91. The van der Waals surface area contributed by atoms with Crippen molar-refractivity contribution < 1.29 is 19.4 Å². The Morgan fingerprint density at radius 1 is 1.00 bits per heavy atom. The molecule has 8 heteroatoms. The van der Waals surface area contributed by atoms with Gasteiger partial charge in [0.05, 0.1) is 17.3 Å². The predicted molar refractivity (Wildman–Crippen MR) is 133 cm³/mol. The van der Waals surface area contributed by atoms with E-state index in [4.69, 9.17) is 4.74 Å². The molecule has 0 atom stereocenters. The van der Waals surface area contributed by atoms with Crippen LogP contribution >= 0.6 is 15.9 Å². The van der Waals surface area contributed by atoms with Crippen LogP contribution < -0.4 is 15.4 Å². The Labute approximate surface area is 201 Å². The molecular weight excluding hydrogens is 486 g/mol. The molecule has 33 heavy (non-hydrogen) atoms. The Morgan fingerprint density at radius 3 is 2.24 bits per heavy atom. The number of hydrogen-bond donors (Lipinski definition) is 3. The van der Waals surface area contributed by atoms with Gasteiger partial charge >= 0.3 is 0 Å². The lowest BCUT2D eigenvalue weighted by atomic mass is 10.0. The topological polar surface area (TPSA) is 90.9 Å². The molecule has 0 bridgehead atoms. The molecule has 3 rings (SSSR count). The number of hydrogen-bond acceptors (Lipinski definition) is 5. The molecule has 0 aliphatic carbocycles. The summed E-state index contributed by atoms with van der Waals surface area (Å²) in [5.74, 6) is -1.06. The summed E-state index contributed by atoms with van der Waals surface area (Å²) < 4.78 is 5.67. The van der Waals surface area contributed by atoms with Crippen LogP contribution in [0, 0.1) is 0 Å². The SMILES string of the molecule is COc1c(NC(=O)c2ccc(-c3ccccc3)cc2)cc(Br)c(O)c1C(=O)NCCN(C)C. The molecule has 3 N–H and O–H groups in total. The van der Waals surface area contributed by atoms with Gasteiger partial charge in [-0.3, -0.25) is 9.59 Å². The van der Waals surface area contributed by atoms with Crippen LogP contribution in [0.25, 0.3) is 11.1 Å². The van der Waals surface area contributed by atoms with Crippen LogP contribution in [0.4, 0.5) is 5.69 Å². The highest BCUT2D eigenvalue weighted by Crippen LogP contribution is 2.41. The fourth-order valence-corrected chi connectivity index (χ4v) is 3.69. The van der Waals surface area contributed by atoms with Gasteiger partial charge in [-0.25, -0.2) is 0 Å². The molecule has 0 aliphatic rings. The van der Waals surface area contributed by atoms with Gasteiger partial charge in [0.1, 0.15) is 11.3 Å². The molecule has 3 aromatic carbocycles. The van der Waals surface area contributed by atoms with Gasteiger partial charge in [0.15, 0.2) is 5.75 Å². The van der Waals surface area contributed by atoms with Gasteiger partial charge in [0, 0.05) is 18.7 Å². The number of ether oxygens (including phenoxy) is 1. The predicted octanol–water partition coefficient (Wildman–Crippen LogP) is 4.37. The van der Waals surface area contributed by atoms with E-state index in [-0.39, 0.29) is 33.1 Å². The molecule has 0 heterocycles. The Balaban J connectivity index is 1.84. The van der Waals surface area contributed by atoms with Crippen molar-refractivity contribution in [1.29, 1.82) is 0 Å². The quantitative estimate of drug-likeness (QED) is 0.390. The molecule has 0 spiro atoms. The Bertz CT molecular complexity index is 1130. The summed E-state index contributed by atoms with van der Waals surface area (Å²) >= 11 is 3.26. The van der Waals surface area contributed by atoms with Gasteiger partial charge in [-0.2, -0.15) is 0 Å². The zero-order valence-corrected chi connectivity index (χ0v) is 20.3. The molecule has 0 saturated heterocycles. The van der Waals surface area contributed by atoms with E-state index in [2.05, 4.69) is 26.6 Å². The van der Waals surface area contributed by atoms with Crippen molar-refractivity contribution >= 4 is 33.4 Å². The molecular formula is C25H26BrN3O4. The number of phenols is 1. The zero-order valence-electron chi connectivity index (χ0n) is 18.7. The molecule has 172 valence electrons. The molecule has 2 amide bonds. The second kappa shape index (κ2) is 11.0. The normalized spacial score (nSPS) is 10.7. The Morgan fingerprint density at radius 2 is 1.64 bits per heavy atom. The number of anilines is 1. The number of halogens is 1. The van der Waals surface area contributed by atoms with Crippen molar-refractivity contribution in [1.82, 2.24) is 10.2 Å². The molecule has 0 unspecified atom stereocenters. The first-order chi connectivity index (χ1) is 15.8. The first-order valence-corrected chi connectivity index (χ1v) is 11.1. The number of nitrogens with zero attached hydrogens (tertiary/aromatic N) is 1. The van der Waals surface area contributed by atoms with Crippen LogP contribution in [0.1, 0.15) is 20.7 Å². The van der Waals surface area contributed by atoms with E-state index >= 15 is 0 Å². The van der Waals surface area contributed by atoms with Crippen molar-refractivity contribution in [3.05, 3.63) is 76.3 Å². The lowest BCUT2D eigenvalue weighted by Crippen LogP contribution is -2.31. The maximum Gasteiger partial charge on any atom is 0.259 e. The van der Waals surface area contributed by atoms with E-state index in [1.807, 2.05) is 61.5 Å².